The second kappa shape index (κ2) is 10.4. The first-order valence-corrected chi connectivity index (χ1v) is 10.5. The third-order valence-electron chi connectivity index (χ3n) is 4.73. The molecular weight excluding hydrogens is 380 g/mol. The number of thioether (sulfide) groups is 1. The maximum Gasteiger partial charge on any atom is 0.220 e. The summed E-state index contributed by atoms with van der Waals surface area (Å²) in [7, 11) is 0. The second-order valence-electron chi connectivity index (χ2n) is 6.71. The molecule has 1 saturated heterocycles. The van der Waals surface area contributed by atoms with Gasteiger partial charge in [-0.05, 0) is 48.5 Å². The van der Waals surface area contributed by atoms with E-state index in [1.807, 2.05) is 12.1 Å². The lowest BCUT2D eigenvalue weighted by atomic mass is 10.2. The van der Waals surface area contributed by atoms with Gasteiger partial charge in [0.15, 0.2) is 0 Å². The van der Waals surface area contributed by atoms with Crippen molar-refractivity contribution >= 4 is 23.4 Å². The van der Waals surface area contributed by atoms with Gasteiger partial charge < -0.3 is 10.2 Å². The molecule has 2 aromatic carbocycles. The Bertz CT molecular complexity index is 747. The molecule has 4 nitrogen and oxygen atoms in total. The van der Waals surface area contributed by atoms with Gasteiger partial charge in [-0.3, -0.25) is 9.69 Å². The molecule has 2 aromatic rings. The summed E-state index contributed by atoms with van der Waals surface area (Å²) in [5.74, 6) is 0.253. The molecule has 1 aliphatic rings. The largest absolute Gasteiger partial charge is 0.369 e. The van der Waals surface area contributed by atoms with Gasteiger partial charge in [-0.2, -0.15) is 0 Å². The first-order valence-electron chi connectivity index (χ1n) is 9.48. The Morgan fingerprint density at radius 1 is 0.929 bits per heavy atom. The number of hydrogen-bond acceptors (Lipinski definition) is 4. The Morgan fingerprint density at radius 2 is 1.54 bits per heavy atom. The van der Waals surface area contributed by atoms with Crippen molar-refractivity contribution in [3.05, 3.63) is 60.2 Å². The van der Waals surface area contributed by atoms with E-state index in [0.717, 1.165) is 43.3 Å². The summed E-state index contributed by atoms with van der Waals surface area (Å²) in [6.07, 6.45) is 0.445. The lowest BCUT2D eigenvalue weighted by Gasteiger charge is -2.36. The maximum atomic E-state index is 13.0. The highest BCUT2D eigenvalue weighted by molar-refractivity contribution is 7.99. The molecule has 0 spiro atoms. The van der Waals surface area contributed by atoms with E-state index in [9.17, 15) is 13.6 Å². The molecule has 0 radical (unpaired) electrons. The van der Waals surface area contributed by atoms with Crippen LogP contribution in [0, 0.1) is 11.6 Å². The topological polar surface area (TPSA) is 35.6 Å². The zero-order valence-electron chi connectivity index (χ0n) is 15.7. The van der Waals surface area contributed by atoms with Crippen LogP contribution in [0.15, 0.2) is 53.4 Å². The Labute approximate surface area is 168 Å². The highest BCUT2D eigenvalue weighted by Crippen LogP contribution is 2.19. The minimum Gasteiger partial charge on any atom is -0.369 e. The van der Waals surface area contributed by atoms with E-state index in [4.69, 9.17) is 0 Å². The third-order valence-corrected chi connectivity index (χ3v) is 5.74. The number of amides is 1. The number of benzene rings is 2. The van der Waals surface area contributed by atoms with Crippen LogP contribution in [0.3, 0.4) is 0 Å². The molecular formula is C21H25F2N3OS. The minimum absolute atomic E-state index is 0.0413. The number of carbonyl (C=O) groups is 1. The summed E-state index contributed by atoms with van der Waals surface area (Å²) in [5, 5.41) is 2.97. The van der Waals surface area contributed by atoms with E-state index in [0.29, 0.717) is 18.7 Å². The van der Waals surface area contributed by atoms with Crippen LogP contribution >= 0.6 is 11.8 Å². The van der Waals surface area contributed by atoms with Crippen LogP contribution in [0.25, 0.3) is 0 Å². The van der Waals surface area contributed by atoms with Crippen LogP contribution < -0.4 is 10.2 Å². The Morgan fingerprint density at radius 3 is 2.18 bits per heavy atom. The first-order chi connectivity index (χ1) is 13.6. The normalized spacial score (nSPS) is 14.9. The van der Waals surface area contributed by atoms with Crippen LogP contribution in [-0.2, 0) is 4.79 Å². The third kappa shape index (κ3) is 6.49. The van der Waals surface area contributed by atoms with Crippen molar-refractivity contribution in [3.63, 3.8) is 0 Å². The predicted molar refractivity (Wildman–Crippen MR) is 110 cm³/mol. The van der Waals surface area contributed by atoms with Crippen molar-refractivity contribution in [3.8, 4) is 0 Å². The fraction of sp³-hybridized carbons (Fsp3) is 0.381. The van der Waals surface area contributed by atoms with Crippen LogP contribution in [-0.4, -0.2) is 55.8 Å². The number of hydrogen-bond donors (Lipinski definition) is 1. The molecule has 0 aliphatic carbocycles. The van der Waals surface area contributed by atoms with Crippen LogP contribution in [0.5, 0.6) is 0 Å². The van der Waals surface area contributed by atoms with E-state index in [2.05, 4.69) is 15.1 Å². The standard InChI is InChI=1S/C21H25F2N3OS/c22-17-1-5-19(6-2-17)26-14-12-25(13-15-26)11-10-24-21(27)9-16-28-20-7-3-18(23)4-8-20/h1-8H,9-16H2,(H,24,27). The number of anilines is 1. The van der Waals surface area contributed by atoms with Crippen molar-refractivity contribution in [2.45, 2.75) is 11.3 Å². The number of piperazine rings is 1. The predicted octanol–water partition coefficient (Wildman–Crippen LogP) is 3.39. The molecule has 150 valence electrons. The summed E-state index contributed by atoms with van der Waals surface area (Å²) < 4.78 is 25.9. The van der Waals surface area contributed by atoms with Gasteiger partial charge in [0, 0.05) is 62.0 Å². The lowest BCUT2D eigenvalue weighted by Crippen LogP contribution is -2.48. The fourth-order valence-electron chi connectivity index (χ4n) is 3.12. The summed E-state index contributed by atoms with van der Waals surface area (Å²) in [6, 6.07) is 12.9. The zero-order valence-corrected chi connectivity index (χ0v) is 16.6. The molecule has 1 fully saturated rings. The molecule has 1 amide bonds. The van der Waals surface area contributed by atoms with E-state index in [1.54, 1.807) is 23.9 Å². The molecule has 0 bridgehead atoms. The molecule has 0 aromatic heterocycles. The van der Waals surface area contributed by atoms with E-state index in [-0.39, 0.29) is 17.5 Å². The number of nitrogens with one attached hydrogen (secondary N) is 1. The van der Waals surface area contributed by atoms with Gasteiger partial charge in [0.2, 0.25) is 5.91 Å². The number of rotatable bonds is 8. The highest BCUT2D eigenvalue weighted by Gasteiger charge is 2.17. The molecule has 0 atom stereocenters. The van der Waals surface area contributed by atoms with E-state index >= 15 is 0 Å². The van der Waals surface area contributed by atoms with Gasteiger partial charge in [-0.15, -0.1) is 11.8 Å². The fourth-order valence-corrected chi connectivity index (χ4v) is 3.97. The summed E-state index contributed by atoms with van der Waals surface area (Å²) >= 11 is 1.55. The van der Waals surface area contributed by atoms with Crippen molar-refractivity contribution in [1.82, 2.24) is 10.2 Å². The van der Waals surface area contributed by atoms with Gasteiger partial charge in [0.1, 0.15) is 11.6 Å². The highest BCUT2D eigenvalue weighted by atomic mass is 32.2. The molecule has 0 unspecified atom stereocenters. The van der Waals surface area contributed by atoms with Gasteiger partial charge in [-0.1, -0.05) is 0 Å². The van der Waals surface area contributed by atoms with Gasteiger partial charge in [0.25, 0.3) is 0 Å². The van der Waals surface area contributed by atoms with Crippen molar-refractivity contribution in [2.75, 3.05) is 49.9 Å². The summed E-state index contributed by atoms with van der Waals surface area (Å²) in [6.45, 7) is 5.10. The van der Waals surface area contributed by atoms with Gasteiger partial charge >= 0.3 is 0 Å². The molecule has 1 aliphatic heterocycles. The summed E-state index contributed by atoms with van der Waals surface area (Å²) in [5.41, 5.74) is 1.05. The van der Waals surface area contributed by atoms with E-state index in [1.165, 1.54) is 24.3 Å². The van der Waals surface area contributed by atoms with E-state index < -0.39 is 0 Å². The SMILES string of the molecule is O=C(CCSc1ccc(F)cc1)NCCN1CCN(c2ccc(F)cc2)CC1. The van der Waals surface area contributed by atoms with Crippen molar-refractivity contribution in [2.24, 2.45) is 0 Å². The van der Waals surface area contributed by atoms with Crippen LogP contribution in [0.1, 0.15) is 6.42 Å². The first kappa shape index (κ1) is 20.6. The zero-order chi connectivity index (χ0) is 19.8. The van der Waals surface area contributed by atoms with Crippen LogP contribution in [0.2, 0.25) is 0 Å². The Hall–Kier alpha value is -2.12. The average Bonchev–Trinajstić information content (AvgIpc) is 2.71. The van der Waals surface area contributed by atoms with Crippen molar-refractivity contribution < 1.29 is 13.6 Å². The molecule has 1 heterocycles. The second-order valence-corrected chi connectivity index (χ2v) is 7.88. The quantitative estimate of drug-likeness (QED) is 0.683. The monoisotopic (exact) mass is 405 g/mol. The molecule has 28 heavy (non-hydrogen) atoms. The Kier molecular flexibility index (Phi) is 7.68. The Balaban J connectivity index is 1.27. The van der Waals surface area contributed by atoms with Crippen LogP contribution in [0.4, 0.5) is 14.5 Å². The number of carbonyl (C=O) groups excluding carboxylic acids is 1. The number of halogens is 2. The maximum absolute atomic E-state index is 13.0. The molecule has 0 saturated carbocycles. The smallest absolute Gasteiger partial charge is 0.220 e. The van der Waals surface area contributed by atoms with Gasteiger partial charge in [0.05, 0.1) is 0 Å². The molecule has 3 rings (SSSR count). The van der Waals surface area contributed by atoms with Gasteiger partial charge in [-0.25, -0.2) is 8.78 Å². The molecule has 1 N–H and O–H groups in total. The number of nitrogens with zero attached hydrogens (tertiary/aromatic N) is 2. The summed E-state index contributed by atoms with van der Waals surface area (Å²) in [4.78, 5) is 17.5. The molecule has 7 heteroatoms. The lowest BCUT2D eigenvalue weighted by molar-refractivity contribution is -0.120. The minimum atomic E-state index is -0.249. The van der Waals surface area contributed by atoms with Crippen molar-refractivity contribution in [1.29, 1.82) is 0 Å². The average molecular weight is 406 g/mol.